The number of carbonyl (C=O) groups excluding carboxylic acids is 2. The van der Waals surface area contributed by atoms with Crippen molar-refractivity contribution in [2.75, 3.05) is 26.2 Å². The van der Waals surface area contributed by atoms with Crippen molar-refractivity contribution in [3.63, 3.8) is 0 Å². The molecule has 2 atom stereocenters. The topological polar surface area (TPSA) is 95.9 Å². The van der Waals surface area contributed by atoms with Crippen molar-refractivity contribution < 1.29 is 46.9 Å². The van der Waals surface area contributed by atoms with Crippen LogP contribution in [0.3, 0.4) is 0 Å². The molecule has 3 heterocycles. The predicted molar refractivity (Wildman–Crippen MR) is 147 cm³/mol. The maximum Gasteiger partial charge on any atom is 0.430 e. The molecule has 0 radical (unpaired) electrons. The molecule has 1 aliphatic carbocycles. The normalized spacial score (nSPS) is 27.4. The van der Waals surface area contributed by atoms with Gasteiger partial charge in [0.1, 0.15) is 11.7 Å². The quantitative estimate of drug-likeness (QED) is 0.264. The number of benzene rings is 2. The first-order valence-electron chi connectivity index (χ1n) is 14.8. The van der Waals surface area contributed by atoms with Crippen molar-refractivity contribution >= 4 is 11.9 Å². The Balaban J connectivity index is 0.000000517. The van der Waals surface area contributed by atoms with Crippen LogP contribution in [-0.2, 0) is 20.7 Å². The summed E-state index contributed by atoms with van der Waals surface area (Å²) in [5, 5.41) is 21.5. The zero-order valence-electron chi connectivity index (χ0n) is 23.8. The van der Waals surface area contributed by atoms with Crippen LogP contribution < -0.4 is 9.84 Å². The minimum Gasteiger partial charge on any atom is -0.542 e. The number of rotatable bonds is 9. The van der Waals surface area contributed by atoms with E-state index >= 15 is 0 Å². The van der Waals surface area contributed by atoms with E-state index in [1.165, 1.54) is 6.42 Å². The predicted octanol–water partition coefficient (Wildman–Crippen LogP) is 4.42. The third-order valence-electron chi connectivity index (χ3n) is 9.09. The Labute approximate surface area is 244 Å². The van der Waals surface area contributed by atoms with Gasteiger partial charge in [-0.15, -0.1) is 0 Å². The third kappa shape index (κ3) is 7.45. The van der Waals surface area contributed by atoms with Crippen molar-refractivity contribution in [2.45, 2.75) is 75.8 Å². The van der Waals surface area contributed by atoms with Crippen LogP contribution in [0, 0.1) is 11.8 Å². The number of ether oxygens (including phenoxy) is 2. The number of carbonyl (C=O) groups is 2. The molecule has 2 bridgehead atoms. The van der Waals surface area contributed by atoms with Crippen LogP contribution in [0.25, 0.3) is 0 Å². The summed E-state index contributed by atoms with van der Waals surface area (Å²) in [6.07, 6.45) is 3.13. The van der Waals surface area contributed by atoms with E-state index in [9.17, 15) is 23.1 Å². The highest BCUT2D eigenvalue weighted by Crippen LogP contribution is 2.52. The molecular formula is C32H40F3NO6. The summed E-state index contributed by atoms with van der Waals surface area (Å²) in [4.78, 5) is 21.9. The van der Waals surface area contributed by atoms with Gasteiger partial charge in [0.25, 0.3) is 0 Å². The number of quaternary nitrogens is 1. The number of aliphatic carboxylic acids is 1. The Hall–Kier alpha value is -3.11. The van der Waals surface area contributed by atoms with Gasteiger partial charge in [-0.25, -0.2) is 0 Å². The molecule has 6 rings (SSSR count). The molecule has 4 aliphatic rings. The van der Waals surface area contributed by atoms with Gasteiger partial charge in [0.2, 0.25) is 5.72 Å². The van der Waals surface area contributed by atoms with E-state index in [0.717, 1.165) is 75.9 Å². The van der Waals surface area contributed by atoms with Crippen molar-refractivity contribution in [3.8, 4) is 5.75 Å². The molecular weight excluding hydrogens is 551 g/mol. The molecule has 2 aromatic rings. The molecule has 1 N–H and O–H groups in total. The molecule has 42 heavy (non-hydrogen) atoms. The monoisotopic (exact) mass is 591 g/mol. The lowest BCUT2D eigenvalue weighted by atomic mass is 9.67. The lowest BCUT2D eigenvalue weighted by molar-refractivity contribution is -1.02. The van der Waals surface area contributed by atoms with Crippen LogP contribution in [0.5, 0.6) is 5.75 Å². The van der Waals surface area contributed by atoms with E-state index in [4.69, 9.17) is 19.4 Å². The second kappa shape index (κ2) is 13.9. The number of carboxylic acids is 1. The van der Waals surface area contributed by atoms with Gasteiger partial charge in [-0.2, -0.15) is 13.2 Å². The zero-order valence-corrected chi connectivity index (χ0v) is 23.8. The minimum absolute atomic E-state index is 0.184. The van der Waals surface area contributed by atoms with E-state index in [-0.39, 0.29) is 24.2 Å². The number of fused-ring (bicyclic) bond motifs is 3. The molecule has 0 spiro atoms. The van der Waals surface area contributed by atoms with Gasteiger partial charge in [-0.3, -0.25) is 9.28 Å². The molecule has 3 saturated heterocycles. The Morgan fingerprint density at radius 2 is 1.50 bits per heavy atom. The molecule has 10 heteroatoms. The van der Waals surface area contributed by atoms with Crippen molar-refractivity contribution in [3.05, 3.63) is 66.2 Å². The molecule has 2 aromatic carbocycles. The summed E-state index contributed by atoms with van der Waals surface area (Å²) in [6, 6.07) is 19.7. The van der Waals surface area contributed by atoms with E-state index in [1.807, 2.05) is 60.7 Å². The maximum absolute atomic E-state index is 13.1. The zero-order chi connectivity index (χ0) is 30.2. The Morgan fingerprint density at radius 1 is 0.929 bits per heavy atom. The van der Waals surface area contributed by atoms with Crippen LogP contribution in [0.4, 0.5) is 13.2 Å². The fourth-order valence-electron chi connectivity index (χ4n) is 7.11. The highest BCUT2D eigenvalue weighted by molar-refractivity contribution is 5.73. The van der Waals surface area contributed by atoms with Crippen molar-refractivity contribution in [1.29, 1.82) is 0 Å². The SMILES string of the molecule is O=C(Cc1ccccc1)OC1C2CC[N+](CCCOc3ccccc3)(CC2)[C@@]1(O)C1CCCCC1.O=C([O-])C(F)(F)F. The molecule has 1 unspecified atom stereocenters. The lowest BCUT2D eigenvalue weighted by Gasteiger charge is -2.64. The van der Waals surface area contributed by atoms with Gasteiger partial charge in [-0.05, 0) is 30.5 Å². The molecule has 3 aliphatic heterocycles. The van der Waals surface area contributed by atoms with Crippen LogP contribution >= 0.6 is 0 Å². The first kappa shape index (κ1) is 31.8. The standard InChI is InChI=1S/C30H40NO4.C2HF3O2/c32-28(23-24-11-4-1-5-12-24)35-29-25-17-20-31(21-18-25,30(29,33)26-13-6-2-7-14-26)19-10-22-34-27-15-8-3-9-16-27;3-2(4,5)1(6)7/h1,3-5,8-9,11-12,15-16,25-26,29,33H,2,6-7,10,13-14,17-23H2;(H,6,7)/q+1;/p-1/t25?,29?,30-,31?;/m1./s1. The number of carboxylic acid groups (broad SMARTS) is 1. The summed E-state index contributed by atoms with van der Waals surface area (Å²) in [5.41, 5.74) is -0.0392. The smallest absolute Gasteiger partial charge is 0.430 e. The Kier molecular flexibility index (Phi) is 10.5. The third-order valence-corrected chi connectivity index (χ3v) is 9.09. The van der Waals surface area contributed by atoms with Gasteiger partial charge < -0.3 is 24.5 Å². The van der Waals surface area contributed by atoms with Gasteiger partial charge in [-0.1, -0.05) is 67.8 Å². The number of piperidine rings is 3. The number of nitrogens with zero attached hydrogens (tertiary/aromatic N) is 1. The van der Waals surface area contributed by atoms with Gasteiger partial charge in [0.15, 0.2) is 6.10 Å². The molecule has 0 aromatic heterocycles. The second-order valence-electron chi connectivity index (χ2n) is 11.6. The fraction of sp³-hybridized carbons (Fsp3) is 0.562. The molecule has 1 saturated carbocycles. The van der Waals surface area contributed by atoms with Crippen molar-refractivity contribution in [2.24, 2.45) is 11.8 Å². The lowest BCUT2D eigenvalue weighted by Crippen LogP contribution is -2.81. The van der Waals surface area contributed by atoms with E-state index < -0.39 is 24.0 Å². The average Bonchev–Trinajstić information content (AvgIpc) is 2.99. The number of alkyl halides is 3. The first-order valence-corrected chi connectivity index (χ1v) is 14.8. The summed E-state index contributed by atoms with van der Waals surface area (Å²) in [5.74, 6) is -1.89. The van der Waals surface area contributed by atoms with Gasteiger partial charge >= 0.3 is 12.1 Å². The highest BCUT2D eigenvalue weighted by Gasteiger charge is 2.68. The molecule has 0 amide bonds. The largest absolute Gasteiger partial charge is 0.542 e. The Bertz CT molecular complexity index is 1150. The highest BCUT2D eigenvalue weighted by atomic mass is 19.4. The van der Waals surface area contributed by atoms with Crippen LogP contribution in [0.15, 0.2) is 60.7 Å². The summed E-state index contributed by atoms with van der Waals surface area (Å²) < 4.78 is 44.5. The van der Waals surface area contributed by atoms with Crippen LogP contribution in [-0.4, -0.2) is 65.8 Å². The van der Waals surface area contributed by atoms with Crippen molar-refractivity contribution in [1.82, 2.24) is 0 Å². The van der Waals surface area contributed by atoms with Crippen LogP contribution in [0.2, 0.25) is 0 Å². The van der Waals surface area contributed by atoms with Gasteiger partial charge in [0.05, 0.1) is 32.7 Å². The number of hydrogen-bond acceptors (Lipinski definition) is 6. The van der Waals surface area contributed by atoms with E-state index in [2.05, 4.69) is 0 Å². The first-order chi connectivity index (χ1) is 20.0. The molecule has 4 fully saturated rings. The molecule has 230 valence electrons. The summed E-state index contributed by atoms with van der Waals surface area (Å²) in [6.45, 7) is 3.43. The number of halogens is 3. The summed E-state index contributed by atoms with van der Waals surface area (Å²) in [7, 11) is 0. The number of aliphatic hydroxyl groups is 1. The summed E-state index contributed by atoms with van der Waals surface area (Å²) >= 11 is 0. The fourth-order valence-corrected chi connectivity index (χ4v) is 7.11. The molecule has 7 nitrogen and oxygen atoms in total. The van der Waals surface area contributed by atoms with E-state index in [1.54, 1.807) is 0 Å². The minimum atomic E-state index is -5.19. The average molecular weight is 592 g/mol. The number of para-hydroxylation sites is 1. The van der Waals surface area contributed by atoms with E-state index in [0.29, 0.717) is 11.1 Å². The number of esters is 1. The van der Waals surface area contributed by atoms with Gasteiger partial charge in [0, 0.05) is 31.1 Å². The number of hydrogen-bond donors (Lipinski definition) is 1. The Morgan fingerprint density at radius 3 is 2.07 bits per heavy atom. The second-order valence-corrected chi connectivity index (χ2v) is 11.6. The van der Waals surface area contributed by atoms with Crippen LogP contribution in [0.1, 0.15) is 56.9 Å². The maximum atomic E-state index is 13.1.